The van der Waals surface area contributed by atoms with Gasteiger partial charge in [0.2, 0.25) is 0 Å². The summed E-state index contributed by atoms with van der Waals surface area (Å²) in [5, 5.41) is 0.598. The van der Waals surface area contributed by atoms with E-state index in [0.717, 1.165) is 22.7 Å². The van der Waals surface area contributed by atoms with E-state index in [9.17, 15) is 0 Å². The lowest BCUT2D eigenvalue weighted by Crippen LogP contribution is -2.11. The maximum absolute atomic E-state index is 5.94. The quantitative estimate of drug-likeness (QED) is 0.803. The highest BCUT2D eigenvalue weighted by Gasteiger charge is 2.16. The van der Waals surface area contributed by atoms with Crippen molar-refractivity contribution in [2.75, 3.05) is 12.0 Å². The Hall–Kier alpha value is -0.450. The van der Waals surface area contributed by atoms with E-state index in [1.54, 1.807) is 18.0 Å². The van der Waals surface area contributed by atoms with Crippen molar-refractivity contribution in [3.8, 4) is 0 Å². The van der Waals surface area contributed by atoms with Gasteiger partial charge in [-0.05, 0) is 19.2 Å². The van der Waals surface area contributed by atoms with Crippen LogP contribution in [0, 0.1) is 0 Å². The Balaban J connectivity index is 2.58. The van der Waals surface area contributed by atoms with Crippen LogP contribution in [0.25, 0.3) is 11.2 Å². The number of hydrogen-bond donors (Lipinski definition) is 0. The summed E-state index contributed by atoms with van der Waals surface area (Å²) in [6.45, 7) is 2.14. The van der Waals surface area contributed by atoms with Crippen LogP contribution >= 0.6 is 35.0 Å². The van der Waals surface area contributed by atoms with Gasteiger partial charge in [0.1, 0.15) is 11.3 Å². The Morgan fingerprint density at radius 3 is 2.94 bits per heavy atom. The van der Waals surface area contributed by atoms with Gasteiger partial charge in [0.15, 0.2) is 5.65 Å². The molecular formula is C11H13Cl2N3S. The smallest absolute Gasteiger partial charge is 0.160 e. The molecule has 0 saturated carbocycles. The molecule has 0 fully saturated rings. The predicted octanol–water partition coefficient (Wildman–Crippen LogP) is 3.75. The van der Waals surface area contributed by atoms with Crippen molar-refractivity contribution in [1.29, 1.82) is 0 Å². The highest BCUT2D eigenvalue weighted by Crippen LogP contribution is 2.24. The average Bonchev–Trinajstić information content (AvgIpc) is 2.66. The molecule has 0 aliphatic heterocycles. The van der Waals surface area contributed by atoms with Crippen molar-refractivity contribution in [3.63, 3.8) is 0 Å². The molecular weight excluding hydrogens is 277 g/mol. The normalized spacial score (nSPS) is 13.2. The number of thioether (sulfide) groups is 1. The Morgan fingerprint density at radius 1 is 1.53 bits per heavy atom. The summed E-state index contributed by atoms with van der Waals surface area (Å²) in [7, 11) is 0. The zero-order valence-corrected chi connectivity index (χ0v) is 12.0. The van der Waals surface area contributed by atoms with E-state index in [-0.39, 0.29) is 0 Å². The zero-order chi connectivity index (χ0) is 12.4. The monoisotopic (exact) mass is 289 g/mol. The van der Waals surface area contributed by atoms with Gasteiger partial charge in [-0.2, -0.15) is 11.8 Å². The van der Waals surface area contributed by atoms with Crippen LogP contribution in [-0.4, -0.2) is 26.5 Å². The van der Waals surface area contributed by atoms with E-state index < -0.39 is 0 Å². The molecule has 1 unspecified atom stereocenters. The summed E-state index contributed by atoms with van der Waals surface area (Å²) in [6, 6.07) is 2.14. The molecule has 17 heavy (non-hydrogen) atoms. The van der Waals surface area contributed by atoms with Crippen LogP contribution in [0.2, 0.25) is 5.02 Å². The fourth-order valence-electron chi connectivity index (χ4n) is 1.88. The molecule has 3 nitrogen and oxygen atoms in total. The maximum atomic E-state index is 5.94. The molecule has 6 heteroatoms. The molecule has 0 N–H and O–H groups in total. The van der Waals surface area contributed by atoms with Crippen LogP contribution in [0.5, 0.6) is 0 Å². The third-order valence-electron chi connectivity index (χ3n) is 2.54. The van der Waals surface area contributed by atoms with E-state index in [2.05, 4.69) is 27.7 Å². The lowest BCUT2D eigenvalue weighted by atomic mass is 10.3. The largest absolute Gasteiger partial charge is 0.308 e. The predicted molar refractivity (Wildman–Crippen MR) is 75.2 cm³/mol. The SMILES string of the molecule is CSCC(C)n1c(CCl)nc2cc(Cl)cnc21. The van der Waals surface area contributed by atoms with E-state index in [1.807, 2.05) is 6.07 Å². The van der Waals surface area contributed by atoms with Gasteiger partial charge in [0.05, 0.1) is 10.9 Å². The summed E-state index contributed by atoms with van der Waals surface area (Å²) in [5.74, 6) is 2.23. The first-order valence-electron chi connectivity index (χ1n) is 5.24. The van der Waals surface area contributed by atoms with Crippen LogP contribution < -0.4 is 0 Å². The van der Waals surface area contributed by atoms with Gasteiger partial charge < -0.3 is 4.57 Å². The fourth-order valence-corrected chi connectivity index (χ4v) is 2.85. The second-order valence-electron chi connectivity index (χ2n) is 3.83. The molecule has 0 aliphatic carbocycles. The van der Waals surface area contributed by atoms with E-state index in [1.165, 1.54) is 0 Å². The molecule has 92 valence electrons. The number of imidazole rings is 1. The summed E-state index contributed by atoms with van der Waals surface area (Å²) in [6.07, 6.45) is 3.73. The van der Waals surface area contributed by atoms with Crippen molar-refractivity contribution in [2.45, 2.75) is 18.8 Å². The van der Waals surface area contributed by atoms with E-state index in [4.69, 9.17) is 23.2 Å². The fraction of sp³-hybridized carbons (Fsp3) is 0.455. The molecule has 2 aromatic heterocycles. The summed E-state index contributed by atoms with van der Waals surface area (Å²) in [4.78, 5) is 8.82. The average molecular weight is 290 g/mol. The van der Waals surface area contributed by atoms with E-state index in [0.29, 0.717) is 16.9 Å². The van der Waals surface area contributed by atoms with Gasteiger partial charge in [-0.1, -0.05) is 11.6 Å². The molecule has 1 atom stereocenters. The molecule has 0 radical (unpaired) electrons. The minimum atomic E-state index is 0.317. The Bertz CT molecular complexity index is 527. The number of alkyl halides is 1. The molecule has 0 amide bonds. The zero-order valence-electron chi connectivity index (χ0n) is 9.65. The number of pyridine rings is 1. The molecule has 2 aromatic rings. The lowest BCUT2D eigenvalue weighted by molar-refractivity contribution is 0.601. The van der Waals surface area contributed by atoms with Gasteiger partial charge in [0.25, 0.3) is 0 Å². The highest BCUT2D eigenvalue weighted by molar-refractivity contribution is 7.98. The number of hydrogen-bond acceptors (Lipinski definition) is 3. The van der Waals surface area contributed by atoms with E-state index >= 15 is 0 Å². The third kappa shape index (κ3) is 2.54. The molecule has 0 aliphatic rings. The van der Waals surface area contributed by atoms with Crippen molar-refractivity contribution < 1.29 is 0 Å². The van der Waals surface area contributed by atoms with Gasteiger partial charge in [-0.15, -0.1) is 11.6 Å². The minimum absolute atomic E-state index is 0.317. The van der Waals surface area contributed by atoms with Gasteiger partial charge in [-0.3, -0.25) is 0 Å². The van der Waals surface area contributed by atoms with Gasteiger partial charge >= 0.3 is 0 Å². The lowest BCUT2D eigenvalue weighted by Gasteiger charge is -2.14. The Kier molecular flexibility index (Phi) is 4.17. The maximum Gasteiger partial charge on any atom is 0.160 e. The first kappa shape index (κ1) is 13.0. The first-order chi connectivity index (χ1) is 8.17. The van der Waals surface area contributed by atoms with Crippen molar-refractivity contribution in [3.05, 3.63) is 23.1 Å². The number of rotatable bonds is 4. The minimum Gasteiger partial charge on any atom is -0.308 e. The molecule has 0 bridgehead atoms. The van der Waals surface area contributed by atoms with Crippen LogP contribution in [0.1, 0.15) is 18.8 Å². The van der Waals surface area contributed by atoms with Crippen molar-refractivity contribution >= 4 is 46.1 Å². The number of aromatic nitrogens is 3. The third-order valence-corrected chi connectivity index (χ3v) is 3.80. The Labute approximate surface area is 115 Å². The molecule has 0 saturated heterocycles. The standard InChI is InChI=1S/C11H13Cl2N3S/c1-7(6-17-2)16-10(4-12)15-9-3-8(13)5-14-11(9)16/h3,5,7H,4,6H2,1-2H3. The van der Waals surface area contributed by atoms with Crippen LogP contribution in [0.15, 0.2) is 12.3 Å². The van der Waals surface area contributed by atoms with Gasteiger partial charge in [0, 0.05) is 18.0 Å². The van der Waals surface area contributed by atoms with Crippen LogP contribution in [-0.2, 0) is 5.88 Å². The van der Waals surface area contributed by atoms with Gasteiger partial charge in [-0.25, -0.2) is 9.97 Å². The van der Waals surface area contributed by atoms with Crippen LogP contribution in [0.3, 0.4) is 0 Å². The molecule has 0 aromatic carbocycles. The number of nitrogens with zero attached hydrogens (tertiary/aromatic N) is 3. The molecule has 0 spiro atoms. The molecule has 2 heterocycles. The Morgan fingerprint density at radius 2 is 2.29 bits per heavy atom. The first-order valence-corrected chi connectivity index (χ1v) is 7.55. The highest BCUT2D eigenvalue weighted by atomic mass is 35.5. The summed E-state index contributed by atoms with van der Waals surface area (Å²) in [5.41, 5.74) is 1.66. The summed E-state index contributed by atoms with van der Waals surface area (Å²) < 4.78 is 2.09. The second kappa shape index (κ2) is 5.46. The van der Waals surface area contributed by atoms with Crippen LogP contribution in [0.4, 0.5) is 0 Å². The number of fused-ring (bicyclic) bond motifs is 1. The van der Waals surface area contributed by atoms with Crippen molar-refractivity contribution in [1.82, 2.24) is 14.5 Å². The topological polar surface area (TPSA) is 30.7 Å². The van der Waals surface area contributed by atoms with Crippen molar-refractivity contribution in [2.24, 2.45) is 0 Å². The molecule has 2 rings (SSSR count). The summed E-state index contributed by atoms with van der Waals surface area (Å²) >= 11 is 13.6. The second-order valence-corrected chi connectivity index (χ2v) is 5.45. The number of halogens is 2.